The van der Waals surface area contributed by atoms with Gasteiger partial charge in [0.15, 0.2) is 11.5 Å². The Morgan fingerprint density at radius 3 is 2.68 bits per heavy atom. The third kappa shape index (κ3) is 3.71. The van der Waals surface area contributed by atoms with Gasteiger partial charge in [0, 0.05) is 48.5 Å². The van der Waals surface area contributed by atoms with Crippen LogP contribution in [0.25, 0.3) is 22.6 Å². The van der Waals surface area contributed by atoms with E-state index in [1.807, 2.05) is 58.9 Å². The summed E-state index contributed by atoms with van der Waals surface area (Å²) < 4.78 is 3.98. The Labute approximate surface area is 178 Å². The lowest BCUT2D eigenvalue weighted by molar-refractivity contribution is 0.772. The maximum Gasteiger partial charge on any atom is 0.180 e. The van der Waals surface area contributed by atoms with Crippen LogP contribution in [-0.4, -0.2) is 47.4 Å². The normalized spacial score (nSPS) is 11.3. The van der Waals surface area contributed by atoms with Crippen molar-refractivity contribution in [1.29, 1.82) is 0 Å². The number of nitrogen functional groups attached to an aromatic ring is 1. The van der Waals surface area contributed by atoms with Gasteiger partial charge in [-0.3, -0.25) is 4.40 Å². The molecular formula is C21H22N10. The molecule has 10 heteroatoms. The zero-order valence-electron chi connectivity index (χ0n) is 17.0. The van der Waals surface area contributed by atoms with Crippen molar-refractivity contribution in [2.75, 3.05) is 24.8 Å². The van der Waals surface area contributed by atoms with Gasteiger partial charge in [-0.15, -0.1) is 0 Å². The number of hydrogen-bond acceptors (Lipinski definition) is 7. The van der Waals surface area contributed by atoms with E-state index in [0.29, 0.717) is 5.82 Å². The van der Waals surface area contributed by atoms with Crippen LogP contribution < -0.4 is 16.5 Å². The molecule has 1 aromatic carbocycles. The van der Waals surface area contributed by atoms with E-state index in [9.17, 15) is 0 Å². The van der Waals surface area contributed by atoms with E-state index in [2.05, 4.69) is 25.7 Å². The molecule has 0 atom stereocenters. The lowest BCUT2D eigenvalue weighted by atomic mass is 10.2. The SMILES string of the molecule is CNCCc1cn2c(-c3cnn(N)c3)cnc2c(Nc2ccc(-n3ccnc3)cc2)n1. The number of hydrogen-bond donors (Lipinski definition) is 3. The first-order valence-corrected chi connectivity index (χ1v) is 9.88. The predicted molar refractivity (Wildman–Crippen MR) is 119 cm³/mol. The van der Waals surface area contributed by atoms with Crippen LogP contribution in [0.5, 0.6) is 0 Å². The molecule has 0 aliphatic heterocycles. The lowest BCUT2D eigenvalue weighted by Crippen LogP contribution is -2.12. The summed E-state index contributed by atoms with van der Waals surface area (Å²) in [5.41, 5.74) is 5.41. The third-order valence-corrected chi connectivity index (χ3v) is 5.00. The van der Waals surface area contributed by atoms with Crippen molar-refractivity contribution >= 4 is 17.2 Å². The molecule has 0 spiro atoms. The Bertz CT molecular complexity index is 1300. The molecule has 0 amide bonds. The van der Waals surface area contributed by atoms with Crippen molar-refractivity contribution in [2.45, 2.75) is 6.42 Å². The second kappa shape index (κ2) is 7.92. The first kappa shape index (κ1) is 18.8. The maximum atomic E-state index is 5.74. The lowest BCUT2D eigenvalue weighted by Gasteiger charge is -2.11. The minimum Gasteiger partial charge on any atom is -0.337 e. The number of likely N-dealkylation sites (N-methyl/N-ethyl adjacent to an activating group) is 1. The molecule has 31 heavy (non-hydrogen) atoms. The molecule has 0 saturated heterocycles. The summed E-state index contributed by atoms with van der Waals surface area (Å²) in [5, 5.41) is 10.7. The fourth-order valence-corrected chi connectivity index (χ4v) is 3.44. The molecule has 0 aliphatic rings. The van der Waals surface area contributed by atoms with Gasteiger partial charge in [0.25, 0.3) is 0 Å². The van der Waals surface area contributed by atoms with Crippen molar-refractivity contribution in [3.05, 3.63) is 73.5 Å². The van der Waals surface area contributed by atoms with Gasteiger partial charge in [-0.25, -0.2) is 15.0 Å². The molecule has 4 aromatic heterocycles. The molecule has 156 valence electrons. The largest absolute Gasteiger partial charge is 0.337 e. The fraction of sp³-hybridized carbons (Fsp3) is 0.143. The second-order valence-corrected chi connectivity index (χ2v) is 7.12. The van der Waals surface area contributed by atoms with Crippen molar-refractivity contribution < 1.29 is 0 Å². The van der Waals surface area contributed by atoms with Crippen LogP contribution in [-0.2, 0) is 6.42 Å². The molecule has 4 heterocycles. The van der Waals surface area contributed by atoms with Crippen LogP contribution >= 0.6 is 0 Å². The average Bonchev–Trinajstić information content (AvgIpc) is 3.53. The molecule has 0 saturated carbocycles. The van der Waals surface area contributed by atoms with E-state index in [-0.39, 0.29) is 0 Å². The van der Waals surface area contributed by atoms with E-state index in [1.54, 1.807) is 24.9 Å². The number of nitrogens with zero attached hydrogens (tertiary/aromatic N) is 7. The van der Waals surface area contributed by atoms with E-state index in [0.717, 1.165) is 46.9 Å². The zero-order chi connectivity index (χ0) is 21.2. The predicted octanol–water partition coefficient (Wildman–Crippen LogP) is 2.00. The Morgan fingerprint density at radius 2 is 1.97 bits per heavy atom. The first-order chi connectivity index (χ1) is 15.2. The summed E-state index contributed by atoms with van der Waals surface area (Å²) >= 11 is 0. The molecule has 0 unspecified atom stereocenters. The van der Waals surface area contributed by atoms with Gasteiger partial charge in [0.05, 0.1) is 36.3 Å². The van der Waals surface area contributed by atoms with Crippen molar-refractivity contribution in [1.82, 2.24) is 39.1 Å². The van der Waals surface area contributed by atoms with Gasteiger partial charge < -0.3 is 21.0 Å². The summed E-state index contributed by atoms with van der Waals surface area (Å²) in [4.78, 5) is 14.8. The van der Waals surface area contributed by atoms with Crippen LogP contribution in [0.2, 0.25) is 0 Å². The monoisotopic (exact) mass is 414 g/mol. The quantitative estimate of drug-likeness (QED) is 0.349. The Morgan fingerprint density at radius 1 is 1.10 bits per heavy atom. The minimum atomic E-state index is 0.690. The van der Waals surface area contributed by atoms with Crippen LogP contribution in [0.1, 0.15) is 5.69 Å². The Hall–Kier alpha value is -4.18. The van der Waals surface area contributed by atoms with Crippen molar-refractivity contribution in [2.24, 2.45) is 0 Å². The zero-order valence-corrected chi connectivity index (χ0v) is 17.0. The first-order valence-electron chi connectivity index (χ1n) is 9.88. The molecule has 0 radical (unpaired) electrons. The highest BCUT2D eigenvalue weighted by molar-refractivity contribution is 5.74. The van der Waals surface area contributed by atoms with E-state index in [1.165, 1.54) is 4.79 Å². The van der Waals surface area contributed by atoms with Crippen molar-refractivity contribution in [3.8, 4) is 16.9 Å². The third-order valence-electron chi connectivity index (χ3n) is 5.00. The average molecular weight is 414 g/mol. The highest BCUT2D eigenvalue weighted by atomic mass is 15.5. The molecule has 10 nitrogen and oxygen atoms in total. The van der Waals surface area contributed by atoms with E-state index >= 15 is 0 Å². The summed E-state index contributed by atoms with van der Waals surface area (Å²) in [6, 6.07) is 8.07. The number of aromatic nitrogens is 7. The molecule has 5 rings (SSSR count). The standard InChI is InChI=1S/C21H22N10/c1-23-7-6-17-13-30-19(15-10-26-31(22)12-15)11-25-21(30)20(28-17)27-16-2-4-18(5-3-16)29-9-8-24-14-29/h2-5,8-14,23H,6-7,22H2,1H3,(H,27,28). The number of nitrogens with two attached hydrogens (primary N) is 1. The number of benzene rings is 1. The van der Waals surface area contributed by atoms with Crippen LogP contribution in [0.15, 0.2) is 67.8 Å². The number of nitrogens with one attached hydrogen (secondary N) is 2. The van der Waals surface area contributed by atoms with Crippen LogP contribution in [0, 0.1) is 0 Å². The van der Waals surface area contributed by atoms with E-state index in [4.69, 9.17) is 10.8 Å². The highest BCUT2D eigenvalue weighted by Gasteiger charge is 2.14. The number of anilines is 2. The number of fused-ring (bicyclic) bond motifs is 1. The van der Waals surface area contributed by atoms with Crippen LogP contribution in [0.3, 0.4) is 0 Å². The number of rotatable bonds is 7. The van der Waals surface area contributed by atoms with E-state index < -0.39 is 0 Å². The number of imidazole rings is 2. The second-order valence-electron chi connectivity index (χ2n) is 7.12. The smallest absolute Gasteiger partial charge is 0.180 e. The fourth-order valence-electron chi connectivity index (χ4n) is 3.44. The summed E-state index contributed by atoms with van der Waals surface area (Å²) in [6.45, 7) is 0.822. The van der Waals surface area contributed by atoms with Gasteiger partial charge in [-0.1, -0.05) is 0 Å². The van der Waals surface area contributed by atoms with Crippen LogP contribution in [0.4, 0.5) is 11.5 Å². The highest BCUT2D eigenvalue weighted by Crippen LogP contribution is 2.26. The van der Waals surface area contributed by atoms with Gasteiger partial charge in [-0.05, 0) is 31.3 Å². The molecule has 4 N–H and O–H groups in total. The summed E-state index contributed by atoms with van der Waals surface area (Å²) in [7, 11) is 1.93. The van der Waals surface area contributed by atoms with Gasteiger partial charge >= 0.3 is 0 Å². The maximum absolute atomic E-state index is 5.74. The minimum absolute atomic E-state index is 0.690. The molecule has 5 aromatic rings. The van der Waals surface area contributed by atoms with Crippen molar-refractivity contribution in [3.63, 3.8) is 0 Å². The van der Waals surface area contributed by atoms with Gasteiger partial charge in [0.2, 0.25) is 0 Å². The molecular weight excluding hydrogens is 392 g/mol. The molecule has 0 bridgehead atoms. The summed E-state index contributed by atoms with van der Waals surface area (Å²) in [5.74, 6) is 6.43. The topological polar surface area (TPSA) is 116 Å². The van der Waals surface area contributed by atoms with Gasteiger partial charge in [-0.2, -0.15) is 9.89 Å². The van der Waals surface area contributed by atoms with Gasteiger partial charge in [0.1, 0.15) is 0 Å². The molecule has 0 aliphatic carbocycles. The molecule has 0 fully saturated rings. The Kier molecular flexibility index (Phi) is 4.81. The summed E-state index contributed by atoms with van der Waals surface area (Å²) in [6.07, 6.45) is 13.5. The Balaban J connectivity index is 1.53.